The summed E-state index contributed by atoms with van der Waals surface area (Å²) >= 11 is 1.56. The van der Waals surface area contributed by atoms with E-state index in [1.54, 1.807) is 17.8 Å². The summed E-state index contributed by atoms with van der Waals surface area (Å²) in [4.78, 5) is 3.71. The van der Waals surface area contributed by atoms with Gasteiger partial charge in [0.25, 0.3) is 0 Å². The molecular formula is C8H10FNS. The number of thioether (sulfide) groups is 1. The molecule has 1 aromatic heterocycles. The molecule has 60 valence electrons. The van der Waals surface area contributed by atoms with E-state index in [0.717, 1.165) is 5.03 Å². The molecule has 0 fully saturated rings. The van der Waals surface area contributed by atoms with Gasteiger partial charge in [-0.05, 0) is 12.1 Å². The Morgan fingerprint density at radius 2 is 2.18 bits per heavy atom. The molecular weight excluding hydrogens is 161 g/mol. The Kier molecular flexibility index (Phi) is 2.88. The lowest BCUT2D eigenvalue weighted by Gasteiger charge is -2.01. The highest BCUT2D eigenvalue weighted by Crippen LogP contribution is 2.19. The molecule has 0 radical (unpaired) electrons. The molecule has 1 rings (SSSR count). The van der Waals surface area contributed by atoms with Gasteiger partial charge in [0.1, 0.15) is 0 Å². The van der Waals surface area contributed by atoms with Gasteiger partial charge >= 0.3 is 0 Å². The maximum absolute atomic E-state index is 12.5. The normalized spacial score (nSPS) is 10.5. The minimum absolute atomic E-state index is 0.407. The average molecular weight is 171 g/mol. The lowest BCUT2D eigenvalue weighted by molar-refractivity contribution is 0.572. The van der Waals surface area contributed by atoms with Gasteiger partial charge in [-0.15, -0.1) is 11.8 Å². The fraction of sp³-hybridized carbons (Fsp3) is 0.375. The number of aromatic nitrogens is 1. The van der Waals surface area contributed by atoms with Crippen LogP contribution in [0.2, 0.25) is 0 Å². The molecule has 0 aromatic carbocycles. The fourth-order valence-electron chi connectivity index (χ4n) is 0.697. The smallest absolute Gasteiger partial charge is 0.213 e. The molecule has 0 bridgehead atoms. The molecule has 0 N–H and O–H groups in total. The SMILES string of the molecule is CC(C)Sc1cccc(F)n1. The zero-order valence-electron chi connectivity index (χ0n) is 6.54. The van der Waals surface area contributed by atoms with Gasteiger partial charge in [0.15, 0.2) is 0 Å². The molecule has 0 unspecified atom stereocenters. The second-order valence-corrected chi connectivity index (χ2v) is 4.06. The number of hydrogen-bond donors (Lipinski definition) is 0. The highest BCUT2D eigenvalue weighted by Gasteiger charge is 1.99. The van der Waals surface area contributed by atoms with E-state index >= 15 is 0 Å². The monoisotopic (exact) mass is 171 g/mol. The van der Waals surface area contributed by atoms with E-state index in [4.69, 9.17) is 0 Å². The first kappa shape index (κ1) is 8.53. The molecule has 0 aliphatic carbocycles. The number of pyridine rings is 1. The summed E-state index contributed by atoms with van der Waals surface area (Å²) in [6.07, 6.45) is 0. The van der Waals surface area contributed by atoms with Crippen LogP contribution in [0.25, 0.3) is 0 Å². The van der Waals surface area contributed by atoms with Crippen LogP contribution in [0.15, 0.2) is 23.2 Å². The predicted molar refractivity (Wildman–Crippen MR) is 45.2 cm³/mol. The van der Waals surface area contributed by atoms with Crippen LogP contribution in [0.5, 0.6) is 0 Å². The first-order valence-electron chi connectivity index (χ1n) is 3.47. The molecule has 0 aliphatic rings. The van der Waals surface area contributed by atoms with Gasteiger partial charge in [-0.3, -0.25) is 0 Å². The molecule has 1 heterocycles. The summed E-state index contributed by atoms with van der Waals surface area (Å²) in [5, 5.41) is 1.20. The van der Waals surface area contributed by atoms with Gasteiger partial charge in [0.05, 0.1) is 5.03 Å². The molecule has 1 nitrogen and oxygen atoms in total. The molecule has 3 heteroatoms. The molecule has 11 heavy (non-hydrogen) atoms. The van der Waals surface area contributed by atoms with Crippen LogP contribution in [-0.2, 0) is 0 Å². The van der Waals surface area contributed by atoms with Crippen LogP contribution in [-0.4, -0.2) is 10.2 Å². The van der Waals surface area contributed by atoms with E-state index < -0.39 is 5.95 Å². The van der Waals surface area contributed by atoms with Crippen molar-refractivity contribution in [1.29, 1.82) is 0 Å². The predicted octanol–water partition coefficient (Wildman–Crippen LogP) is 2.72. The minimum atomic E-state index is -0.407. The minimum Gasteiger partial charge on any atom is -0.213 e. The average Bonchev–Trinajstić information content (AvgIpc) is 1.85. The highest BCUT2D eigenvalue weighted by molar-refractivity contribution is 7.99. The van der Waals surface area contributed by atoms with E-state index in [1.807, 2.05) is 6.07 Å². The third kappa shape index (κ3) is 2.89. The Balaban J connectivity index is 2.71. The molecule has 0 saturated heterocycles. The van der Waals surface area contributed by atoms with Crippen molar-refractivity contribution in [3.8, 4) is 0 Å². The van der Waals surface area contributed by atoms with Crippen LogP contribution >= 0.6 is 11.8 Å². The Labute approximate surface area is 70.0 Å². The van der Waals surface area contributed by atoms with Gasteiger partial charge in [0.2, 0.25) is 5.95 Å². The largest absolute Gasteiger partial charge is 0.213 e. The van der Waals surface area contributed by atoms with E-state index in [1.165, 1.54) is 6.07 Å². The number of hydrogen-bond acceptors (Lipinski definition) is 2. The summed E-state index contributed by atoms with van der Waals surface area (Å²) < 4.78 is 12.5. The molecule has 0 saturated carbocycles. The Bertz CT molecular complexity index is 237. The standard InChI is InChI=1S/C8H10FNS/c1-6(2)11-8-5-3-4-7(9)10-8/h3-6H,1-2H3. The van der Waals surface area contributed by atoms with Crippen LogP contribution in [0.1, 0.15) is 13.8 Å². The van der Waals surface area contributed by atoms with Crippen molar-refractivity contribution in [2.24, 2.45) is 0 Å². The third-order valence-electron chi connectivity index (χ3n) is 1.05. The summed E-state index contributed by atoms with van der Waals surface area (Å²) in [5.74, 6) is -0.407. The number of nitrogens with zero attached hydrogens (tertiary/aromatic N) is 1. The van der Waals surface area contributed by atoms with E-state index in [9.17, 15) is 4.39 Å². The number of halogens is 1. The lowest BCUT2D eigenvalue weighted by Crippen LogP contribution is -1.90. The van der Waals surface area contributed by atoms with Crippen LogP contribution in [0, 0.1) is 5.95 Å². The second kappa shape index (κ2) is 3.72. The van der Waals surface area contributed by atoms with Crippen molar-refractivity contribution < 1.29 is 4.39 Å². The molecule has 0 aliphatic heterocycles. The molecule has 0 atom stereocenters. The van der Waals surface area contributed by atoms with E-state index in [0.29, 0.717) is 5.25 Å². The van der Waals surface area contributed by atoms with E-state index in [-0.39, 0.29) is 0 Å². The Morgan fingerprint density at radius 3 is 2.73 bits per heavy atom. The summed E-state index contributed by atoms with van der Waals surface area (Å²) in [7, 11) is 0. The maximum Gasteiger partial charge on any atom is 0.213 e. The first-order chi connectivity index (χ1) is 5.18. The Morgan fingerprint density at radius 1 is 1.45 bits per heavy atom. The number of rotatable bonds is 2. The fourth-order valence-corrected chi connectivity index (χ4v) is 1.48. The van der Waals surface area contributed by atoms with Crippen LogP contribution in [0.3, 0.4) is 0 Å². The van der Waals surface area contributed by atoms with Crippen molar-refractivity contribution >= 4 is 11.8 Å². The van der Waals surface area contributed by atoms with Crippen molar-refractivity contribution in [3.05, 3.63) is 24.1 Å². The maximum atomic E-state index is 12.5. The van der Waals surface area contributed by atoms with Crippen LogP contribution < -0.4 is 0 Å². The van der Waals surface area contributed by atoms with Crippen molar-refractivity contribution in [3.63, 3.8) is 0 Å². The van der Waals surface area contributed by atoms with Crippen LogP contribution in [0.4, 0.5) is 4.39 Å². The topological polar surface area (TPSA) is 12.9 Å². The summed E-state index contributed by atoms with van der Waals surface area (Å²) in [6, 6.07) is 4.84. The van der Waals surface area contributed by atoms with E-state index in [2.05, 4.69) is 18.8 Å². The lowest BCUT2D eigenvalue weighted by atomic mass is 10.5. The zero-order chi connectivity index (χ0) is 8.27. The molecule has 0 spiro atoms. The molecule has 1 aromatic rings. The van der Waals surface area contributed by atoms with Crippen molar-refractivity contribution in [2.75, 3.05) is 0 Å². The summed E-state index contributed by atoms with van der Waals surface area (Å²) in [6.45, 7) is 4.11. The third-order valence-corrected chi connectivity index (χ3v) is 1.99. The second-order valence-electron chi connectivity index (χ2n) is 2.47. The Hall–Kier alpha value is -0.570. The molecule has 0 amide bonds. The quantitative estimate of drug-likeness (QED) is 0.501. The van der Waals surface area contributed by atoms with Gasteiger partial charge in [-0.25, -0.2) is 4.98 Å². The van der Waals surface area contributed by atoms with Gasteiger partial charge in [-0.2, -0.15) is 4.39 Å². The van der Waals surface area contributed by atoms with Crippen molar-refractivity contribution in [1.82, 2.24) is 4.98 Å². The zero-order valence-corrected chi connectivity index (χ0v) is 7.36. The first-order valence-corrected chi connectivity index (χ1v) is 4.35. The van der Waals surface area contributed by atoms with Gasteiger partial charge in [0, 0.05) is 5.25 Å². The van der Waals surface area contributed by atoms with Gasteiger partial charge < -0.3 is 0 Å². The van der Waals surface area contributed by atoms with Gasteiger partial charge in [-0.1, -0.05) is 19.9 Å². The highest BCUT2D eigenvalue weighted by atomic mass is 32.2. The van der Waals surface area contributed by atoms with Crippen molar-refractivity contribution in [2.45, 2.75) is 24.1 Å². The summed E-state index contributed by atoms with van der Waals surface area (Å²) in [5.41, 5.74) is 0.